The summed E-state index contributed by atoms with van der Waals surface area (Å²) in [4.78, 5) is 16.7. The Morgan fingerprint density at radius 1 is 0.839 bits per heavy atom. The van der Waals surface area contributed by atoms with Crippen LogP contribution in [0, 0.1) is 0 Å². The van der Waals surface area contributed by atoms with Crippen molar-refractivity contribution in [1.29, 1.82) is 0 Å². The molecule has 0 amide bonds. The zero-order valence-electron chi connectivity index (χ0n) is 17.1. The van der Waals surface area contributed by atoms with Crippen LogP contribution in [0.3, 0.4) is 0 Å². The Bertz CT molecular complexity index is 1310. The monoisotopic (exact) mass is 442 g/mol. The lowest BCUT2D eigenvalue weighted by Gasteiger charge is -2.12. The fourth-order valence-corrected chi connectivity index (χ4v) is 7.08. The third kappa shape index (κ3) is 3.30. The molecule has 4 aromatic rings. The first kappa shape index (κ1) is 19.2. The molecule has 31 heavy (non-hydrogen) atoms. The summed E-state index contributed by atoms with van der Waals surface area (Å²) in [5, 5.41) is 13.1. The average molecular weight is 443 g/mol. The van der Waals surface area contributed by atoms with Crippen molar-refractivity contribution in [1.82, 2.24) is 0 Å². The lowest BCUT2D eigenvalue weighted by atomic mass is 9.96. The SMILES string of the molecule is O=C1c2ccc(Cc3cc4c(s3)CCc3ccccc3C4O)cc2CCc2sccc21. The van der Waals surface area contributed by atoms with Gasteiger partial charge in [0.15, 0.2) is 5.78 Å². The van der Waals surface area contributed by atoms with Gasteiger partial charge in [0.05, 0.1) is 0 Å². The van der Waals surface area contributed by atoms with E-state index < -0.39 is 6.10 Å². The molecule has 4 heteroatoms. The second-order valence-electron chi connectivity index (χ2n) is 8.45. The van der Waals surface area contributed by atoms with Crippen molar-refractivity contribution in [2.75, 3.05) is 0 Å². The molecule has 1 unspecified atom stereocenters. The van der Waals surface area contributed by atoms with E-state index >= 15 is 0 Å². The van der Waals surface area contributed by atoms with E-state index in [9.17, 15) is 9.90 Å². The molecule has 6 rings (SSSR count). The molecule has 0 bridgehead atoms. The number of hydrogen-bond donors (Lipinski definition) is 1. The molecule has 2 aliphatic rings. The Kier molecular flexibility index (Phi) is 4.67. The van der Waals surface area contributed by atoms with Crippen molar-refractivity contribution in [2.24, 2.45) is 0 Å². The highest BCUT2D eigenvalue weighted by Gasteiger charge is 2.25. The maximum absolute atomic E-state index is 12.9. The molecule has 0 fully saturated rings. The molecule has 0 saturated heterocycles. The number of thiophene rings is 2. The van der Waals surface area contributed by atoms with Crippen molar-refractivity contribution in [2.45, 2.75) is 38.2 Å². The van der Waals surface area contributed by atoms with Gasteiger partial charge < -0.3 is 5.11 Å². The van der Waals surface area contributed by atoms with E-state index in [1.54, 1.807) is 11.3 Å². The number of carbonyl (C=O) groups excluding carboxylic acids is 1. The Hall–Kier alpha value is -2.53. The first-order chi connectivity index (χ1) is 15.2. The van der Waals surface area contributed by atoms with Crippen LogP contribution < -0.4 is 0 Å². The van der Waals surface area contributed by atoms with Crippen molar-refractivity contribution in [3.05, 3.63) is 114 Å². The maximum atomic E-state index is 12.9. The number of aliphatic hydroxyl groups is 1. The fourth-order valence-electron chi connectivity index (χ4n) is 4.98. The molecule has 1 N–H and O–H groups in total. The summed E-state index contributed by atoms with van der Waals surface area (Å²) >= 11 is 3.52. The van der Waals surface area contributed by atoms with Crippen molar-refractivity contribution in [3.8, 4) is 0 Å². The van der Waals surface area contributed by atoms with Gasteiger partial charge in [-0.2, -0.15) is 0 Å². The van der Waals surface area contributed by atoms with Crippen LogP contribution in [0.15, 0.2) is 60.0 Å². The summed E-state index contributed by atoms with van der Waals surface area (Å²) in [6, 6.07) is 18.7. The van der Waals surface area contributed by atoms with Gasteiger partial charge >= 0.3 is 0 Å². The highest BCUT2D eigenvalue weighted by Crippen LogP contribution is 2.38. The van der Waals surface area contributed by atoms with Gasteiger partial charge in [0.2, 0.25) is 0 Å². The molecule has 2 aliphatic carbocycles. The number of ketones is 1. The van der Waals surface area contributed by atoms with E-state index in [-0.39, 0.29) is 5.78 Å². The maximum Gasteiger partial charge on any atom is 0.194 e. The van der Waals surface area contributed by atoms with Gasteiger partial charge in [-0.15, -0.1) is 22.7 Å². The number of fused-ring (bicyclic) bond motifs is 4. The minimum atomic E-state index is -0.539. The summed E-state index contributed by atoms with van der Waals surface area (Å²) in [5.74, 6) is 0.167. The molecule has 0 aliphatic heterocycles. The van der Waals surface area contributed by atoms with Gasteiger partial charge in [0, 0.05) is 32.2 Å². The van der Waals surface area contributed by atoms with Crippen LogP contribution in [-0.4, -0.2) is 10.9 Å². The highest BCUT2D eigenvalue weighted by molar-refractivity contribution is 7.12. The quantitative estimate of drug-likeness (QED) is 0.419. The van der Waals surface area contributed by atoms with Gasteiger partial charge in [0.1, 0.15) is 6.10 Å². The summed E-state index contributed by atoms with van der Waals surface area (Å²) in [6.07, 6.45) is 4.12. The third-order valence-corrected chi connectivity index (χ3v) is 8.75. The Labute approximate surface area is 189 Å². The minimum Gasteiger partial charge on any atom is -0.384 e. The van der Waals surface area contributed by atoms with Gasteiger partial charge in [-0.3, -0.25) is 4.79 Å². The predicted molar refractivity (Wildman–Crippen MR) is 127 cm³/mol. The molecule has 0 radical (unpaired) electrons. The smallest absolute Gasteiger partial charge is 0.194 e. The lowest BCUT2D eigenvalue weighted by molar-refractivity contribution is 0.103. The van der Waals surface area contributed by atoms with Crippen LogP contribution in [0.1, 0.15) is 64.5 Å². The summed E-state index contributed by atoms with van der Waals surface area (Å²) in [6.45, 7) is 0. The van der Waals surface area contributed by atoms with Crippen LogP contribution in [0.2, 0.25) is 0 Å². The normalized spacial score (nSPS) is 17.2. The second kappa shape index (κ2) is 7.56. The summed E-state index contributed by atoms with van der Waals surface area (Å²) in [5.41, 5.74) is 7.51. The Balaban J connectivity index is 1.29. The van der Waals surface area contributed by atoms with Gasteiger partial charge in [-0.1, -0.05) is 42.5 Å². The molecule has 2 aromatic carbocycles. The summed E-state index contributed by atoms with van der Waals surface area (Å²) < 4.78 is 0. The van der Waals surface area contributed by atoms with E-state index in [4.69, 9.17) is 0 Å². The largest absolute Gasteiger partial charge is 0.384 e. The van der Waals surface area contributed by atoms with E-state index in [1.807, 2.05) is 34.9 Å². The van der Waals surface area contributed by atoms with E-state index in [0.29, 0.717) is 0 Å². The first-order valence-electron chi connectivity index (χ1n) is 10.8. The van der Waals surface area contributed by atoms with Crippen LogP contribution in [0.5, 0.6) is 0 Å². The molecule has 2 nitrogen and oxygen atoms in total. The molecule has 0 saturated carbocycles. The van der Waals surface area contributed by atoms with Crippen LogP contribution in [0.4, 0.5) is 0 Å². The Morgan fingerprint density at radius 2 is 1.68 bits per heavy atom. The highest BCUT2D eigenvalue weighted by atomic mass is 32.1. The number of aryl methyl sites for hydroxylation is 4. The van der Waals surface area contributed by atoms with Crippen LogP contribution in [-0.2, 0) is 32.1 Å². The van der Waals surface area contributed by atoms with Gasteiger partial charge in [0.25, 0.3) is 0 Å². The number of rotatable bonds is 2. The Morgan fingerprint density at radius 3 is 2.61 bits per heavy atom. The van der Waals surface area contributed by atoms with Gasteiger partial charge in [-0.25, -0.2) is 0 Å². The molecular weight excluding hydrogens is 420 g/mol. The lowest BCUT2D eigenvalue weighted by Crippen LogP contribution is -2.03. The van der Waals surface area contributed by atoms with Crippen LogP contribution in [0.25, 0.3) is 0 Å². The molecule has 154 valence electrons. The standard InChI is InChI=1S/C27H22O2S2/c28-26-21-8-5-16(13-18(21)7-9-24-22(26)11-12-30-24)14-19-15-23-25(31-19)10-6-17-3-1-2-4-20(17)27(23)29/h1-5,8,11-13,15,27,29H,6-7,9-10,14H2. The molecule has 2 heterocycles. The van der Waals surface area contributed by atoms with E-state index in [1.165, 1.54) is 25.8 Å². The van der Waals surface area contributed by atoms with Gasteiger partial charge in [-0.05, 0) is 71.0 Å². The second-order valence-corrected chi connectivity index (χ2v) is 10.7. The number of hydrogen-bond acceptors (Lipinski definition) is 4. The average Bonchev–Trinajstić information content (AvgIpc) is 3.37. The van der Waals surface area contributed by atoms with Crippen molar-refractivity contribution >= 4 is 28.5 Å². The number of aliphatic hydroxyl groups excluding tert-OH is 1. The summed E-state index contributed by atoms with van der Waals surface area (Å²) in [7, 11) is 0. The minimum absolute atomic E-state index is 0.167. The number of benzene rings is 2. The van der Waals surface area contributed by atoms with E-state index in [0.717, 1.165) is 59.9 Å². The topological polar surface area (TPSA) is 37.3 Å². The number of carbonyl (C=O) groups is 1. The molecular formula is C27H22O2S2. The molecule has 2 aromatic heterocycles. The predicted octanol–water partition coefficient (Wildman–Crippen LogP) is 5.91. The zero-order chi connectivity index (χ0) is 20.9. The molecule has 0 spiro atoms. The third-order valence-electron chi connectivity index (χ3n) is 6.56. The first-order valence-corrected chi connectivity index (χ1v) is 12.5. The van der Waals surface area contributed by atoms with Crippen molar-refractivity contribution in [3.63, 3.8) is 0 Å². The fraction of sp³-hybridized carbons (Fsp3) is 0.222. The zero-order valence-corrected chi connectivity index (χ0v) is 18.7. The van der Waals surface area contributed by atoms with Crippen molar-refractivity contribution < 1.29 is 9.90 Å². The van der Waals surface area contributed by atoms with E-state index in [2.05, 4.69) is 36.4 Å². The van der Waals surface area contributed by atoms with Crippen LogP contribution >= 0.6 is 22.7 Å². The molecule has 1 atom stereocenters.